The predicted molar refractivity (Wildman–Crippen MR) is 137 cm³/mol. The van der Waals surface area contributed by atoms with Gasteiger partial charge in [0.05, 0.1) is 12.8 Å². The van der Waals surface area contributed by atoms with Crippen LogP contribution in [0.3, 0.4) is 0 Å². The monoisotopic (exact) mass is 509 g/mol. The average Bonchev–Trinajstić information content (AvgIpc) is 3.04. The van der Waals surface area contributed by atoms with Gasteiger partial charge in [0, 0.05) is 22.0 Å². The van der Waals surface area contributed by atoms with Crippen molar-refractivity contribution in [3.63, 3.8) is 0 Å². The normalized spacial score (nSPS) is 13.3. The molecule has 1 aliphatic rings. The summed E-state index contributed by atoms with van der Waals surface area (Å²) in [6.45, 7) is 3.72. The smallest absolute Gasteiger partial charge is 0.283 e. The summed E-state index contributed by atoms with van der Waals surface area (Å²) < 4.78 is 5.32. The number of carbonyl (C=O) groups is 3. The number of benzene rings is 3. The van der Waals surface area contributed by atoms with Gasteiger partial charge in [-0.25, -0.2) is 4.90 Å². The number of amides is 3. The van der Waals surface area contributed by atoms with Crippen LogP contribution in [0.25, 0.3) is 0 Å². The van der Waals surface area contributed by atoms with Gasteiger partial charge >= 0.3 is 0 Å². The molecule has 0 saturated heterocycles. The molecule has 4 rings (SSSR count). The number of carbonyl (C=O) groups excluding carboxylic acids is 3. The van der Waals surface area contributed by atoms with Crippen LogP contribution in [0.5, 0.6) is 5.75 Å². The van der Waals surface area contributed by atoms with E-state index in [1.165, 1.54) is 7.11 Å². The van der Waals surface area contributed by atoms with Crippen molar-refractivity contribution in [1.29, 1.82) is 0 Å². The van der Waals surface area contributed by atoms with Gasteiger partial charge in [-0.3, -0.25) is 14.4 Å². The number of hydrogen-bond donors (Lipinski definition) is 2. The van der Waals surface area contributed by atoms with Gasteiger partial charge in [0.25, 0.3) is 17.7 Å². The number of methoxy groups -OCH3 is 1. The van der Waals surface area contributed by atoms with Crippen LogP contribution >= 0.6 is 23.2 Å². The van der Waals surface area contributed by atoms with E-state index in [4.69, 9.17) is 27.9 Å². The van der Waals surface area contributed by atoms with E-state index in [0.717, 1.165) is 16.0 Å². The highest BCUT2D eigenvalue weighted by Crippen LogP contribution is 2.36. The van der Waals surface area contributed by atoms with E-state index in [0.29, 0.717) is 33.4 Å². The topological polar surface area (TPSA) is 87.7 Å². The maximum Gasteiger partial charge on any atom is 0.283 e. The highest BCUT2D eigenvalue weighted by Gasteiger charge is 2.40. The highest BCUT2D eigenvalue weighted by molar-refractivity contribution is 6.53. The van der Waals surface area contributed by atoms with Crippen LogP contribution < -0.4 is 20.3 Å². The van der Waals surface area contributed by atoms with E-state index < -0.39 is 11.8 Å². The highest BCUT2D eigenvalue weighted by atomic mass is 35.5. The molecule has 3 amide bonds. The van der Waals surface area contributed by atoms with Gasteiger partial charge in [-0.1, -0.05) is 35.3 Å². The second-order valence-electron chi connectivity index (χ2n) is 7.93. The number of halogens is 2. The molecule has 0 unspecified atom stereocenters. The molecule has 0 radical (unpaired) electrons. The molecule has 3 aromatic rings. The minimum atomic E-state index is -0.657. The van der Waals surface area contributed by atoms with Crippen LogP contribution in [0.1, 0.15) is 21.5 Å². The zero-order chi connectivity index (χ0) is 25.3. The Kier molecular flexibility index (Phi) is 6.82. The quantitative estimate of drug-likeness (QED) is 0.419. The van der Waals surface area contributed by atoms with Crippen molar-refractivity contribution < 1.29 is 19.1 Å². The lowest BCUT2D eigenvalue weighted by molar-refractivity contribution is -0.120. The summed E-state index contributed by atoms with van der Waals surface area (Å²) in [6, 6.07) is 16.8. The second kappa shape index (κ2) is 9.82. The van der Waals surface area contributed by atoms with E-state index in [1.807, 2.05) is 26.0 Å². The van der Waals surface area contributed by atoms with E-state index >= 15 is 0 Å². The minimum absolute atomic E-state index is 0.0632. The Labute approximate surface area is 212 Å². The number of hydrogen-bond acceptors (Lipinski definition) is 5. The molecule has 0 saturated carbocycles. The molecular weight excluding hydrogens is 489 g/mol. The Bertz CT molecular complexity index is 1380. The minimum Gasteiger partial charge on any atom is -0.495 e. The first-order chi connectivity index (χ1) is 16.7. The Hall–Kier alpha value is -3.81. The number of aryl methyl sites for hydroxylation is 2. The molecule has 0 aliphatic carbocycles. The van der Waals surface area contributed by atoms with Crippen molar-refractivity contribution in [2.75, 3.05) is 22.6 Å². The summed E-state index contributed by atoms with van der Waals surface area (Å²) in [5.74, 6) is -1.22. The Morgan fingerprint density at radius 1 is 0.886 bits per heavy atom. The van der Waals surface area contributed by atoms with Crippen molar-refractivity contribution in [3.05, 3.63) is 93.1 Å². The summed E-state index contributed by atoms with van der Waals surface area (Å²) in [7, 11) is 1.46. The third-order valence-corrected chi connectivity index (χ3v) is 6.21. The van der Waals surface area contributed by atoms with E-state index in [-0.39, 0.29) is 16.6 Å². The van der Waals surface area contributed by atoms with Gasteiger partial charge in [0.1, 0.15) is 16.5 Å². The van der Waals surface area contributed by atoms with Crippen LogP contribution in [0.2, 0.25) is 5.02 Å². The molecular formula is C26H21Cl2N3O4. The molecule has 1 aliphatic heterocycles. The molecule has 2 N–H and O–H groups in total. The number of ether oxygens (including phenoxy) is 1. The Morgan fingerprint density at radius 2 is 1.57 bits per heavy atom. The summed E-state index contributed by atoms with van der Waals surface area (Å²) in [5, 5.41) is 6.00. The second-order valence-corrected chi connectivity index (χ2v) is 8.72. The average molecular weight is 510 g/mol. The van der Waals surface area contributed by atoms with Crippen LogP contribution in [0.4, 0.5) is 17.1 Å². The molecule has 3 aromatic carbocycles. The van der Waals surface area contributed by atoms with Crippen LogP contribution in [0.15, 0.2) is 71.4 Å². The molecule has 0 spiro atoms. The van der Waals surface area contributed by atoms with Gasteiger partial charge in [0.15, 0.2) is 0 Å². The van der Waals surface area contributed by atoms with Gasteiger partial charge < -0.3 is 15.4 Å². The molecule has 178 valence electrons. The van der Waals surface area contributed by atoms with Crippen LogP contribution in [0, 0.1) is 13.8 Å². The van der Waals surface area contributed by atoms with Crippen molar-refractivity contribution in [1.82, 2.24) is 0 Å². The van der Waals surface area contributed by atoms with E-state index in [1.54, 1.807) is 48.5 Å². The molecule has 9 heteroatoms. The molecule has 0 bridgehead atoms. The van der Waals surface area contributed by atoms with Crippen LogP contribution in [-0.4, -0.2) is 24.8 Å². The third kappa shape index (κ3) is 4.87. The standard InChI is InChI=1S/C26H21Cl2N3O4/c1-14-4-11-21(35-3)20(12-14)31-25(33)22(28)23(26(31)34)29-17-9-6-16(7-10-17)24(32)30-18-8-5-15(2)19(27)13-18/h4-13,29H,1-3H3,(H,30,32). The van der Waals surface area contributed by atoms with E-state index in [2.05, 4.69) is 10.6 Å². The summed E-state index contributed by atoms with van der Waals surface area (Å²) in [4.78, 5) is 39.5. The molecule has 35 heavy (non-hydrogen) atoms. The molecule has 0 atom stereocenters. The first-order valence-corrected chi connectivity index (χ1v) is 11.3. The fraction of sp³-hybridized carbons (Fsp3) is 0.115. The fourth-order valence-corrected chi connectivity index (χ4v) is 3.92. The van der Waals surface area contributed by atoms with Crippen molar-refractivity contribution in [2.45, 2.75) is 13.8 Å². The SMILES string of the molecule is COc1ccc(C)cc1N1C(=O)C(Cl)=C(Nc2ccc(C(=O)Nc3ccc(C)c(Cl)c3)cc2)C1=O. The molecule has 1 heterocycles. The summed E-state index contributed by atoms with van der Waals surface area (Å²) in [5.41, 5.74) is 3.45. The zero-order valence-corrected chi connectivity index (χ0v) is 20.6. The summed E-state index contributed by atoms with van der Waals surface area (Å²) in [6.07, 6.45) is 0. The number of anilines is 3. The number of imide groups is 1. The Morgan fingerprint density at radius 3 is 2.23 bits per heavy atom. The maximum absolute atomic E-state index is 13.1. The number of nitrogens with one attached hydrogen (secondary N) is 2. The van der Waals surface area contributed by atoms with Gasteiger partial charge in [-0.15, -0.1) is 0 Å². The molecule has 7 nitrogen and oxygen atoms in total. The van der Waals surface area contributed by atoms with Gasteiger partial charge in [0.2, 0.25) is 0 Å². The van der Waals surface area contributed by atoms with Crippen molar-refractivity contribution in [3.8, 4) is 5.75 Å². The van der Waals surface area contributed by atoms with Crippen LogP contribution in [-0.2, 0) is 9.59 Å². The zero-order valence-electron chi connectivity index (χ0n) is 19.1. The van der Waals surface area contributed by atoms with Gasteiger partial charge in [-0.05, 0) is 73.5 Å². The molecule has 0 aromatic heterocycles. The lowest BCUT2D eigenvalue weighted by atomic mass is 10.1. The third-order valence-electron chi connectivity index (χ3n) is 5.45. The number of nitrogens with zero attached hydrogens (tertiary/aromatic N) is 1. The number of rotatable bonds is 6. The van der Waals surface area contributed by atoms with Crippen molar-refractivity contribution in [2.24, 2.45) is 0 Å². The van der Waals surface area contributed by atoms with Crippen molar-refractivity contribution >= 4 is 58.0 Å². The lowest BCUT2D eigenvalue weighted by Crippen LogP contribution is -2.32. The van der Waals surface area contributed by atoms with Gasteiger partial charge in [-0.2, -0.15) is 0 Å². The first-order valence-electron chi connectivity index (χ1n) is 10.6. The largest absolute Gasteiger partial charge is 0.495 e. The Balaban J connectivity index is 1.51. The van der Waals surface area contributed by atoms with E-state index in [9.17, 15) is 14.4 Å². The summed E-state index contributed by atoms with van der Waals surface area (Å²) >= 11 is 12.4. The first kappa shape index (κ1) is 24.3. The lowest BCUT2D eigenvalue weighted by Gasteiger charge is -2.18. The predicted octanol–water partition coefficient (Wildman–Crippen LogP) is 5.65. The molecule has 0 fully saturated rings. The fourth-order valence-electron chi connectivity index (χ4n) is 3.53. The maximum atomic E-state index is 13.1.